The van der Waals surface area contributed by atoms with Gasteiger partial charge in [-0.25, -0.2) is 9.67 Å². The zero-order valence-electron chi connectivity index (χ0n) is 19.0. The molecule has 0 bridgehead atoms. The number of likely N-dealkylation sites (tertiary alicyclic amines) is 1. The summed E-state index contributed by atoms with van der Waals surface area (Å²) in [6.07, 6.45) is 4.23. The van der Waals surface area contributed by atoms with Gasteiger partial charge in [-0.2, -0.15) is 21.8 Å². The number of fused-ring (bicyclic) bond motifs is 1. The molecule has 1 aromatic carbocycles. The van der Waals surface area contributed by atoms with Crippen molar-refractivity contribution in [1.82, 2.24) is 24.6 Å². The van der Waals surface area contributed by atoms with E-state index in [0.717, 1.165) is 55.1 Å². The second kappa shape index (κ2) is 10.4. The molecule has 0 saturated carbocycles. The molecule has 8 nitrogen and oxygen atoms in total. The Kier molecular flexibility index (Phi) is 7.10. The Morgan fingerprint density at radius 2 is 2.03 bits per heavy atom. The Bertz CT molecular complexity index is 1060. The fourth-order valence-corrected chi connectivity index (χ4v) is 5.92. The number of aromatic nitrogens is 4. The number of aliphatic hydroxyl groups is 1. The number of hydrogen-bond donors (Lipinski definition) is 1. The van der Waals surface area contributed by atoms with Crippen molar-refractivity contribution in [3.63, 3.8) is 0 Å². The highest BCUT2D eigenvalue weighted by molar-refractivity contribution is 7.98. The molecule has 0 amide bonds. The maximum atomic E-state index is 10.8. The van der Waals surface area contributed by atoms with E-state index in [9.17, 15) is 5.11 Å². The minimum absolute atomic E-state index is 0.0996. The Labute approximate surface area is 198 Å². The lowest BCUT2D eigenvalue weighted by molar-refractivity contribution is -0.0415. The molecule has 5 rings (SSSR count). The Morgan fingerprint density at radius 3 is 2.82 bits per heavy atom. The van der Waals surface area contributed by atoms with Crippen LogP contribution in [0.4, 0.5) is 0 Å². The smallest absolute Gasteiger partial charge is 0.245 e. The van der Waals surface area contributed by atoms with Gasteiger partial charge in [-0.05, 0) is 24.8 Å². The molecule has 0 aliphatic carbocycles. The van der Waals surface area contributed by atoms with Gasteiger partial charge in [-0.15, -0.1) is 0 Å². The van der Waals surface area contributed by atoms with Gasteiger partial charge >= 0.3 is 0 Å². The third kappa shape index (κ3) is 5.01. The summed E-state index contributed by atoms with van der Waals surface area (Å²) in [6.45, 7) is 2.90. The van der Waals surface area contributed by atoms with Crippen molar-refractivity contribution >= 4 is 22.8 Å². The molecule has 2 aromatic heterocycles. The SMILES string of the molecule is COc1ncnc2c(CN3C[C@H](CSCc4ccccc4)[C@@H](O)C3)n(C3CCCCO3)nc12. The molecule has 2 aliphatic heterocycles. The van der Waals surface area contributed by atoms with Gasteiger partial charge in [0.2, 0.25) is 5.88 Å². The predicted octanol–water partition coefficient (Wildman–Crippen LogP) is 3.26. The van der Waals surface area contributed by atoms with Gasteiger partial charge in [0.25, 0.3) is 0 Å². The molecule has 1 N–H and O–H groups in total. The molecule has 2 aliphatic rings. The van der Waals surface area contributed by atoms with Crippen molar-refractivity contribution in [3.8, 4) is 5.88 Å². The van der Waals surface area contributed by atoms with Crippen LogP contribution in [0.25, 0.3) is 11.0 Å². The van der Waals surface area contributed by atoms with E-state index in [0.29, 0.717) is 24.5 Å². The number of ether oxygens (including phenoxy) is 2. The molecular weight excluding hydrogens is 438 g/mol. The summed E-state index contributed by atoms with van der Waals surface area (Å²) in [5, 5.41) is 15.6. The molecule has 2 saturated heterocycles. The number of methoxy groups -OCH3 is 1. The van der Waals surface area contributed by atoms with E-state index >= 15 is 0 Å². The average Bonchev–Trinajstić information content (AvgIpc) is 3.40. The number of aliphatic hydroxyl groups excluding tert-OH is 1. The molecule has 3 atom stereocenters. The largest absolute Gasteiger partial charge is 0.479 e. The van der Waals surface area contributed by atoms with Crippen LogP contribution in [0.5, 0.6) is 5.88 Å². The number of nitrogens with zero attached hydrogens (tertiary/aromatic N) is 5. The third-order valence-corrected chi connectivity index (χ3v) is 7.67. The van der Waals surface area contributed by atoms with Crippen LogP contribution in [0.15, 0.2) is 36.7 Å². The van der Waals surface area contributed by atoms with Crippen molar-refractivity contribution in [2.75, 3.05) is 32.6 Å². The summed E-state index contributed by atoms with van der Waals surface area (Å²) in [6, 6.07) is 10.5. The van der Waals surface area contributed by atoms with Gasteiger partial charge in [0.15, 0.2) is 11.7 Å². The van der Waals surface area contributed by atoms with Crippen molar-refractivity contribution in [3.05, 3.63) is 47.9 Å². The molecule has 9 heteroatoms. The minimum atomic E-state index is -0.328. The van der Waals surface area contributed by atoms with Crippen LogP contribution in [0.2, 0.25) is 0 Å². The minimum Gasteiger partial charge on any atom is -0.479 e. The monoisotopic (exact) mass is 469 g/mol. The highest BCUT2D eigenvalue weighted by Crippen LogP contribution is 2.32. The Morgan fingerprint density at radius 1 is 1.15 bits per heavy atom. The number of rotatable bonds is 8. The topological polar surface area (TPSA) is 85.5 Å². The summed E-state index contributed by atoms with van der Waals surface area (Å²) in [5.74, 6) is 2.63. The van der Waals surface area contributed by atoms with Crippen molar-refractivity contribution < 1.29 is 14.6 Å². The van der Waals surface area contributed by atoms with E-state index in [4.69, 9.17) is 14.6 Å². The molecule has 176 valence electrons. The van der Waals surface area contributed by atoms with Crippen molar-refractivity contribution in [2.45, 2.75) is 43.9 Å². The molecule has 1 unspecified atom stereocenters. The predicted molar refractivity (Wildman–Crippen MR) is 128 cm³/mol. The van der Waals surface area contributed by atoms with Crippen LogP contribution in [0, 0.1) is 5.92 Å². The molecule has 3 aromatic rings. The number of β-amino-alcohol motifs (C(OH)–C–C–N with tert-alkyl or cyclic N) is 1. The summed E-state index contributed by atoms with van der Waals surface area (Å²) in [4.78, 5) is 11.1. The number of thioether (sulfide) groups is 1. The van der Waals surface area contributed by atoms with E-state index in [1.165, 1.54) is 11.9 Å². The van der Waals surface area contributed by atoms with Crippen LogP contribution in [0.3, 0.4) is 0 Å². The first-order chi connectivity index (χ1) is 16.2. The summed E-state index contributed by atoms with van der Waals surface area (Å²) in [7, 11) is 1.60. The van der Waals surface area contributed by atoms with Gasteiger partial charge in [0.1, 0.15) is 11.8 Å². The van der Waals surface area contributed by atoms with E-state index in [1.54, 1.807) is 7.11 Å². The van der Waals surface area contributed by atoms with Crippen LogP contribution in [-0.2, 0) is 17.0 Å². The van der Waals surface area contributed by atoms with Gasteiger partial charge < -0.3 is 14.6 Å². The maximum absolute atomic E-state index is 10.8. The summed E-state index contributed by atoms with van der Waals surface area (Å²) >= 11 is 1.89. The van der Waals surface area contributed by atoms with E-state index in [-0.39, 0.29) is 18.2 Å². The van der Waals surface area contributed by atoms with E-state index in [1.807, 2.05) is 22.5 Å². The number of hydrogen-bond acceptors (Lipinski definition) is 8. The van der Waals surface area contributed by atoms with Gasteiger partial charge in [0.05, 0.1) is 18.9 Å². The standard InChI is InChI=1S/C24H31N5O3S/c1-31-24-23-22(25-16-26-24)19(29(27-23)21-9-5-6-10-32-21)12-28-11-18(20(30)13-28)15-33-14-17-7-3-2-4-8-17/h2-4,7-8,16,18,20-21,30H,5-6,9-15H2,1H3/t18-,20+,21?/m1/s1. The Balaban J connectivity index is 1.31. The highest BCUT2D eigenvalue weighted by Gasteiger charge is 2.33. The van der Waals surface area contributed by atoms with Crippen LogP contribution in [-0.4, -0.2) is 68.4 Å². The average molecular weight is 470 g/mol. The van der Waals surface area contributed by atoms with Gasteiger partial charge in [-0.3, -0.25) is 4.90 Å². The van der Waals surface area contributed by atoms with Crippen LogP contribution < -0.4 is 4.74 Å². The summed E-state index contributed by atoms with van der Waals surface area (Å²) < 4.78 is 13.5. The lowest BCUT2D eigenvalue weighted by Crippen LogP contribution is -2.26. The first-order valence-corrected chi connectivity index (χ1v) is 12.8. The quantitative estimate of drug-likeness (QED) is 0.538. The van der Waals surface area contributed by atoms with Crippen LogP contribution in [0.1, 0.15) is 36.7 Å². The third-order valence-electron chi connectivity index (χ3n) is 6.47. The second-order valence-electron chi connectivity index (χ2n) is 8.81. The molecule has 4 heterocycles. The summed E-state index contributed by atoms with van der Waals surface area (Å²) in [5.41, 5.74) is 3.79. The maximum Gasteiger partial charge on any atom is 0.245 e. The zero-order valence-corrected chi connectivity index (χ0v) is 19.8. The molecule has 0 spiro atoms. The number of benzene rings is 1. The van der Waals surface area contributed by atoms with Gasteiger partial charge in [0, 0.05) is 43.7 Å². The van der Waals surface area contributed by atoms with Crippen molar-refractivity contribution in [2.24, 2.45) is 5.92 Å². The molecular formula is C24H31N5O3S. The lowest BCUT2D eigenvalue weighted by Gasteiger charge is -2.25. The fourth-order valence-electron chi connectivity index (χ4n) is 4.74. The van der Waals surface area contributed by atoms with Crippen molar-refractivity contribution in [1.29, 1.82) is 0 Å². The van der Waals surface area contributed by atoms with E-state index in [2.05, 4.69) is 39.1 Å². The molecule has 0 radical (unpaired) electrons. The molecule has 33 heavy (non-hydrogen) atoms. The Hall–Kier alpha value is -2.20. The molecule has 2 fully saturated rings. The lowest BCUT2D eigenvalue weighted by atomic mass is 10.1. The first-order valence-electron chi connectivity index (χ1n) is 11.6. The second-order valence-corrected chi connectivity index (χ2v) is 9.85. The zero-order chi connectivity index (χ0) is 22.6. The van der Waals surface area contributed by atoms with Gasteiger partial charge in [-0.1, -0.05) is 30.3 Å². The highest BCUT2D eigenvalue weighted by atomic mass is 32.2. The normalized spacial score (nSPS) is 23.9. The first kappa shape index (κ1) is 22.6. The van der Waals surface area contributed by atoms with Crippen LogP contribution >= 0.6 is 11.8 Å². The fraction of sp³-hybridized carbons (Fsp3) is 0.542. The van der Waals surface area contributed by atoms with E-state index < -0.39 is 0 Å².